The van der Waals surface area contributed by atoms with Gasteiger partial charge in [0, 0.05) is 17.3 Å². The summed E-state index contributed by atoms with van der Waals surface area (Å²) in [7, 11) is 1.52. The van der Waals surface area contributed by atoms with E-state index in [0.29, 0.717) is 20.4 Å². The molecule has 2 rings (SSSR count). The Hall–Kier alpha value is -1.37. The Labute approximate surface area is 111 Å². The molecule has 5 heteroatoms. The summed E-state index contributed by atoms with van der Waals surface area (Å²) in [5.41, 5.74) is 0.864. The SMILES string of the molecule is COc1cncc(-c2cc(O)c(I)cc2F)c1. The number of phenols is 1. The molecule has 0 amide bonds. The van der Waals surface area contributed by atoms with Crippen LogP contribution in [0, 0.1) is 9.39 Å². The summed E-state index contributed by atoms with van der Waals surface area (Å²) in [5, 5.41) is 9.59. The molecule has 0 fully saturated rings. The molecule has 2 aromatic rings. The van der Waals surface area contributed by atoms with Gasteiger partial charge in [-0.05, 0) is 40.8 Å². The molecule has 0 saturated carbocycles. The van der Waals surface area contributed by atoms with Crippen molar-refractivity contribution in [2.75, 3.05) is 7.11 Å². The van der Waals surface area contributed by atoms with Crippen molar-refractivity contribution >= 4 is 22.6 Å². The topological polar surface area (TPSA) is 42.4 Å². The van der Waals surface area contributed by atoms with Crippen LogP contribution in [0.1, 0.15) is 0 Å². The van der Waals surface area contributed by atoms with Crippen molar-refractivity contribution in [1.29, 1.82) is 0 Å². The molecule has 88 valence electrons. The van der Waals surface area contributed by atoms with Crippen molar-refractivity contribution in [3.63, 3.8) is 0 Å². The van der Waals surface area contributed by atoms with E-state index < -0.39 is 5.82 Å². The van der Waals surface area contributed by atoms with E-state index in [1.807, 2.05) is 22.6 Å². The summed E-state index contributed by atoms with van der Waals surface area (Å²) in [6, 6.07) is 4.33. The van der Waals surface area contributed by atoms with Crippen molar-refractivity contribution in [2.45, 2.75) is 0 Å². The van der Waals surface area contributed by atoms with Crippen LogP contribution >= 0.6 is 22.6 Å². The van der Waals surface area contributed by atoms with E-state index in [-0.39, 0.29) is 5.75 Å². The number of halogens is 2. The molecule has 1 aromatic carbocycles. The lowest BCUT2D eigenvalue weighted by Gasteiger charge is -2.07. The quantitative estimate of drug-likeness (QED) is 0.850. The van der Waals surface area contributed by atoms with Gasteiger partial charge in [-0.15, -0.1) is 0 Å². The third-order valence-electron chi connectivity index (χ3n) is 2.30. The van der Waals surface area contributed by atoms with Gasteiger partial charge in [-0.1, -0.05) is 0 Å². The highest BCUT2D eigenvalue weighted by Gasteiger charge is 2.10. The van der Waals surface area contributed by atoms with E-state index in [0.717, 1.165) is 0 Å². The largest absolute Gasteiger partial charge is 0.507 e. The van der Waals surface area contributed by atoms with Crippen molar-refractivity contribution < 1.29 is 14.2 Å². The number of pyridine rings is 1. The van der Waals surface area contributed by atoms with Gasteiger partial charge in [0.2, 0.25) is 0 Å². The Bertz CT molecular complexity index is 560. The normalized spacial score (nSPS) is 10.3. The van der Waals surface area contributed by atoms with Gasteiger partial charge in [0.25, 0.3) is 0 Å². The predicted molar refractivity (Wildman–Crippen MR) is 70.6 cm³/mol. The van der Waals surface area contributed by atoms with E-state index in [9.17, 15) is 9.50 Å². The number of nitrogens with zero attached hydrogens (tertiary/aromatic N) is 1. The number of hydrogen-bond donors (Lipinski definition) is 1. The number of rotatable bonds is 2. The number of methoxy groups -OCH3 is 1. The molecule has 1 heterocycles. The van der Waals surface area contributed by atoms with Crippen LogP contribution in [0.25, 0.3) is 11.1 Å². The lowest BCUT2D eigenvalue weighted by Crippen LogP contribution is -1.90. The first-order valence-corrected chi connectivity index (χ1v) is 5.87. The molecular weight excluding hydrogens is 336 g/mol. The number of benzene rings is 1. The highest BCUT2D eigenvalue weighted by atomic mass is 127. The van der Waals surface area contributed by atoms with Gasteiger partial charge in [-0.3, -0.25) is 4.98 Å². The molecule has 0 unspecified atom stereocenters. The van der Waals surface area contributed by atoms with E-state index in [1.54, 1.807) is 6.07 Å². The zero-order valence-electron chi connectivity index (χ0n) is 8.95. The zero-order chi connectivity index (χ0) is 12.4. The molecule has 0 saturated heterocycles. The minimum atomic E-state index is -0.401. The van der Waals surface area contributed by atoms with Crippen molar-refractivity contribution in [3.05, 3.63) is 40.0 Å². The third kappa shape index (κ3) is 2.49. The Kier molecular flexibility index (Phi) is 3.46. The van der Waals surface area contributed by atoms with Crippen LogP contribution < -0.4 is 4.74 Å². The second kappa shape index (κ2) is 4.87. The highest BCUT2D eigenvalue weighted by molar-refractivity contribution is 14.1. The Morgan fingerprint density at radius 2 is 2.06 bits per heavy atom. The predicted octanol–water partition coefficient (Wildman–Crippen LogP) is 3.21. The number of aromatic nitrogens is 1. The summed E-state index contributed by atoms with van der Waals surface area (Å²) in [5.74, 6) is 0.187. The number of aromatic hydroxyl groups is 1. The molecule has 0 aliphatic rings. The first-order valence-electron chi connectivity index (χ1n) is 4.79. The van der Waals surface area contributed by atoms with Gasteiger partial charge in [-0.25, -0.2) is 4.39 Å². The molecule has 0 atom stereocenters. The van der Waals surface area contributed by atoms with Crippen LogP contribution in [0.5, 0.6) is 11.5 Å². The van der Waals surface area contributed by atoms with Crippen LogP contribution in [0.2, 0.25) is 0 Å². The van der Waals surface area contributed by atoms with Crippen molar-refractivity contribution in [3.8, 4) is 22.6 Å². The van der Waals surface area contributed by atoms with Crippen LogP contribution in [-0.4, -0.2) is 17.2 Å². The fourth-order valence-electron chi connectivity index (χ4n) is 1.44. The first kappa shape index (κ1) is 12.1. The average molecular weight is 345 g/mol. The Morgan fingerprint density at radius 3 is 2.76 bits per heavy atom. The van der Waals surface area contributed by atoms with Crippen LogP contribution in [0.15, 0.2) is 30.6 Å². The third-order valence-corrected chi connectivity index (χ3v) is 3.16. The molecule has 0 aliphatic heterocycles. The fourth-order valence-corrected chi connectivity index (χ4v) is 1.87. The fraction of sp³-hybridized carbons (Fsp3) is 0.0833. The maximum atomic E-state index is 13.8. The average Bonchev–Trinajstić information content (AvgIpc) is 2.34. The molecule has 0 radical (unpaired) electrons. The molecule has 0 bridgehead atoms. The van der Waals surface area contributed by atoms with Crippen molar-refractivity contribution in [1.82, 2.24) is 4.98 Å². The van der Waals surface area contributed by atoms with Gasteiger partial charge in [0.05, 0.1) is 16.9 Å². The summed E-state index contributed by atoms with van der Waals surface area (Å²) >= 11 is 1.87. The van der Waals surface area contributed by atoms with Gasteiger partial charge in [0.1, 0.15) is 17.3 Å². The number of phenolic OH excluding ortho intramolecular Hbond substituents is 1. The number of hydrogen-bond acceptors (Lipinski definition) is 3. The van der Waals surface area contributed by atoms with Gasteiger partial charge >= 0.3 is 0 Å². The maximum absolute atomic E-state index is 13.8. The maximum Gasteiger partial charge on any atom is 0.137 e. The summed E-state index contributed by atoms with van der Waals surface area (Å²) in [6.45, 7) is 0. The summed E-state index contributed by atoms with van der Waals surface area (Å²) < 4.78 is 19.3. The molecule has 17 heavy (non-hydrogen) atoms. The summed E-state index contributed by atoms with van der Waals surface area (Å²) in [6.07, 6.45) is 3.06. The second-order valence-electron chi connectivity index (χ2n) is 3.40. The smallest absolute Gasteiger partial charge is 0.137 e. The van der Waals surface area contributed by atoms with Gasteiger partial charge in [-0.2, -0.15) is 0 Å². The Balaban J connectivity index is 2.56. The highest BCUT2D eigenvalue weighted by Crippen LogP contribution is 2.31. The van der Waals surface area contributed by atoms with Gasteiger partial charge < -0.3 is 9.84 Å². The van der Waals surface area contributed by atoms with Gasteiger partial charge in [0.15, 0.2) is 0 Å². The lowest BCUT2D eigenvalue weighted by molar-refractivity contribution is 0.413. The van der Waals surface area contributed by atoms with Crippen LogP contribution in [-0.2, 0) is 0 Å². The van der Waals surface area contributed by atoms with E-state index in [1.165, 1.54) is 31.6 Å². The monoisotopic (exact) mass is 345 g/mol. The number of ether oxygens (including phenoxy) is 1. The first-order chi connectivity index (χ1) is 8.11. The molecule has 0 aliphatic carbocycles. The zero-order valence-corrected chi connectivity index (χ0v) is 11.1. The lowest BCUT2D eigenvalue weighted by atomic mass is 10.1. The molecular formula is C12H9FINO2. The van der Waals surface area contributed by atoms with Crippen LogP contribution in [0.4, 0.5) is 4.39 Å². The van der Waals surface area contributed by atoms with Crippen LogP contribution in [0.3, 0.4) is 0 Å². The van der Waals surface area contributed by atoms with E-state index in [2.05, 4.69) is 4.98 Å². The van der Waals surface area contributed by atoms with Crippen molar-refractivity contribution in [2.24, 2.45) is 0 Å². The molecule has 3 nitrogen and oxygen atoms in total. The van der Waals surface area contributed by atoms with E-state index in [4.69, 9.17) is 4.74 Å². The van der Waals surface area contributed by atoms with E-state index >= 15 is 0 Å². The second-order valence-corrected chi connectivity index (χ2v) is 4.56. The Morgan fingerprint density at radius 1 is 1.29 bits per heavy atom. The molecule has 0 spiro atoms. The summed E-state index contributed by atoms with van der Waals surface area (Å²) in [4.78, 5) is 3.95. The minimum absolute atomic E-state index is 0.0461. The standard InChI is InChI=1S/C12H9FINO2/c1-17-8-2-7(5-15-6-8)9-3-12(16)11(14)4-10(9)13/h2-6,16H,1H3. The molecule has 1 N–H and O–H groups in total. The molecule has 1 aromatic heterocycles. The minimum Gasteiger partial charge on any atom is -0.507 e.